The van der Waals surface area contributed by atoms with E-state index in [2.05, 4.69) is 13.8 Å². The van der Waals surface area contributed by atoms with Gasteiger partial charge in [-0.15, -0.1) is 0 Å². The van der Waals surface area contributed by atoms with Crippen LogP contribution in [0, 0.1) is 0 Å². The second-order valence-corrected chi connectivity index (χ2v) is 12.1. The first-order valence-electron chi connectivity index (χ1n) is 13.7. The van der Waals surface area contributed by atoms with Crippen molar-refractivity contribution in [3.05, 3.63) is 0 Å². The highest BCUT2D eigenvalue weighted by Crippen LogP contribution is 2.26. The van der Waals surface area contributed by atoms with Crippen LogP contribution in [0.2, 0.25) is 12.1 Å². The Hall–Kier alpha value is 0.0569. The molecule has 0 aromatic rings. The van der Waals surface area contributed by atoms with Gasteiger partial charge in [0.2, 0.25) is 0 Å². The van der Waals surface area contributed by atoms with E-state index in [1.54, 1.807) is 0 Å². The maximum absolute atomic E-state index is 6.54. The molecule has 0 saturated carbocycles. The SMILES string of the molecule is CCCCCCCCC[Si](CCCCCCCCC)(OCCOCC)OCCOCC. The topological polar surface area (TPSA) is 36.9 Å². The molecule has 0 radical (unpaired) electrons. The quantitative estimate of drug-likeness (QED) is 0.0966. The van der Waals surface area contributed by atoms with Gasteiger partial charge in [0.1, 0.15) is 0 Å². The molecule has 5 heteroatoms. The molecule has 0 aromatic heterocycles. The summed E-state index contributed by atoms with van der Waals surface area (Å²) in [6.07, 6.45) is 18.7. The van der Waals surface area contributed by atoms with Gasteiger partial charge in [0.25, 0.3) is 0 Å². The second-order valence-electron chi connectivity index (χ2n) is 8.74. The van der Waals surface area contributed by atoms with Gasteiger partial charge in [0, 0.05) is 13.2 Å². The minimum atomic E-state index is -2.21. The molecule has 4 nitrogen and oxygen atoms in total. The number of unbranched alkanes of at least 4 members (excludes halogenated alkanes) is 12. The Morgan fingerprint density at radius 2 is 0.774 bits per heavy atom. The molecule has 31 heavy (non-hydrogen) atoms. The molecule has 0 N–H and O–H groups in total. The Balaban J connectivity index is 4.61. The van der Waals surface area contributed by atoms with Crippen LogP contribution in [0.3, 0.4) is 0 Å². The normalized spacial score (nSPS) is 12.0. The average Bonchev–Trinajstić information content (AvgIpc) is 2.78. The average molecular weight is 461 g/mol. The minimum absolute atomic E-state index is 0.668. The predicted molar refractivity (Wildman–Crippen MR) is 136 cm³/mol. The van der Waals surface area contributed by atoms with Crippen molar-refractivity contribution in [2.45, 2.75) is 130 Å². The maximum atomic E-state index is 6.54. The molecule has 0 aliphatic rings. The van der Waals surface area contributed by atoms with Crippen LogP contribution in [-0.2, 0) is 18.3 Å². The number of hydrogen-bond acceptors (Lipinski definition) is 4. The lowest BCUT2D eigenvalue weighted by molar-refractivity contribution is 0.0636. The van der Waals surface area contributed by atoms with E-state index in [4.69, 9.17) is 18.3 Å². The summed E-state index contributed by atoms with van der Waals surface area (Å²) in [6, 6.07) is 2.24. The van der Waals surface area contributed by atoms with Crippen LogP contribution < -0.4 is 0 Å². The summed E-state index contributed by atoms with van der Waals surface area (Å²) in [5.41, 5.74) is 0. The second kappa shape index (κ2) is 24.7. The molecule has 0 fully saturated rings. The van der Waals surface area contributed by atoms with Crippen molar-refractivity contribution in [1.29, 1.82) is 0 Å². The van der Waals surface area contributed by atoms with E-state index in [1.165, 1.54) is 89.9 Å². The van der Waals surface area contributed by atoms with Crippen LogP contribution in [0.25, 0.3) is 0 Å². The lowest BCUT2D eigenvalue weighted by Gasteiger charge is -2.31. The van der Waals surface area contributed by atoms with E-state index in [0.717, 1.165) is 25.3 Å². The maximum Gasteiger partial charge on any atom is 0.338 e. The van der Waals surface area contributed by atoms with Gasteiger partial charge in [0.05, 0.1) is 26.4 Å². The summed E-state index contributed by atoms with van der Waals surface area (Å²) in [6.45, 7) is 12.8. The molecule has 0 aromatic carbocycles. The van der Waals surface area contributed by atoms with E-state index in [0.29, 0.717) is 26.4 Å². The van der Waals surface area contributed by atoms with Crippen LogP contribution in [0.5, 0.6) is 0 Å². The first kappa shape index (κ1) is 31.1. The van der Waals surface area contributed by atoms with Crippen molar-refractivity contribution in [3.8, 4) is 0 Å². The predicted octanol–water partition coefficient (Wildman–Crippen LogP) is 8.04. The van der Waals surface area contributed by atoms with E-state index < -0.39 is 8.56 Å². The van der Waals surface area contributed by atoms with Gasteiger partial charge in [-0.2, -0.15) is 0 Å². The zero-order valence-corrected chi connectivity index (χ0v) is 22.7. The van der Waals surface area contributed by atoms with Crippen molar-refractivity contribution >= 4 is 8.56 Å². The Bertz CT molecular complexity index is 309. The fraction of sp³-hybridized carbons (Fsp3) is 1.00. The van der Waals surface area contributed by atoms with Crippen LogP contribution in [0.1, 0.15) is 118 Å². The summed E-state index contributed by atoms with van der Waals surface area (Å²) in [4.78, 5) is 0. The molecule has 0 aliphatic heterocycles. The van der Waals surface area contributed by atoms with Crippen LogP contribution in [0.15, 0.2) is 0 Å². The Kier molecular flexibility index (Phi) is 24.7. The van der Waals surface area contributed by atoms with Gasteiger partial charge in [-0.1, -0.05) is 104 Å². The standard InChI is InChI=1S/C26H56O4Si/c1-5-9-11-13-15-17-19-25-31(29-23-21-27-7-3,30-24-22-28-8-4)26-20-18-16-14-12-10-6-2/h5-26H2,1-4H3. The summed E-state index contributed by atoms with van der Waals surface area (Å²) in [5.74, 6) is 0. The highest BCUT2D eigenvalue weighted by atomic mass is 28.4. The van der Waals surface area contributed by atoms with Gasteiger partial charge >= 0.3 is 8.56 Å². The van der Waals surface area contributed by atoms with Crippen LogP contribution in [0.4, 0.5) is 0 Å². The van der Waals surface area contributed by atoms with E-state index in [-0.39, 0.29) is 0 Å². The number of ether oxygens (including phenoxy) is 2. The molecule has 0 bridgehead atoms. The highest BCUT2D eigenvalue weighted by Gasteiger charge is 2.36. The summed E-state index contributed by atoms with van der Waals surface area (Å²) < 4.78 is 24.2. The largest absolute Gasteiger partial charge is 0.392 e. The number of rotatable bonds is 26. The Morgan fingerprint density at radius 3 is 1.13 bits per heavy atom. The van der Waals surface area contributed by atoms with Crippen molar-refractivity contribution in [1.82, 2.24) is 0 Å². The summed E-state index contributed by atoms with van der Waals surface area (Å²) in [5, 5.41) is 0. The molecule has 188 valence electrons. The third-order valence-corrected chi connectivity index (χ3v) is 9.61. The van der Waals surface area contributed by atoms with Crippen LogP contribution in [-0.4, -0.2) is 48.2 Å². The fourth-order valence-corrected chi connectivity index (χ4v) is 7.42. The summed E-state index contributed by atoms with van der Waals surface area (Å²) >= 11 is 0. The van der Waals surface area contributed by atoms with E-state index in [1.807, 2.05) is 13.8 Å². The Labute approximate surface area is 196 Å². The third kappa shape index (κ3) is 20.4. The van der Waals surface area contributed by atoms with Gasteiger partial charge in [-0.3, -0.25) is 0 Å². The van der Waals surface area contributed by atoms with Crippen molar-refractivity contribution < 1.29 is 18.3 Å². The highest BCUT2D eigenvalue weighted by molar-refractivity contribution is 6.67. The van der Waals surface area contributed by atoms with Gasteiger partial charge < -0.3 is 18.3 Å². The molecule has 0 saturated heterocycles. The smallest absolute Gasteiger partial charge is 0.338 e. The van der Waals surface area contributed by atoms with Crippen molar-refractivity contribution in [3.63, 3.8) is 0 Å². The molecule has 0 spiro atoms. The molecule has 0 rings (SSSR count). The number of hydrogen-bond donors (Lipinski definition) is 0. The third-order valence-electron chi connectivity index (χ3n) is 5.92. The lowest BCUT2D eigenvalue weighted by Crippen LogP contribution is -2.44. The summed E-state index contributed by atoms with van der Waals surface area (Å²) in [7, 11) is -2.21. The molecule has 0 amide bonds. The molecular formula is C26H56O4Si. The molecule has 0 unspecified atom stereocenters. The fourth-order valence-electron chi connectivity index (χ4n) is 4.02. The molecule has 0 heterocycles. The monoisotopic (exact) mass is 460 g/mol. The molecular weight excluding hydrogens is 404 g/mol. The Morgan fingerprint density at radius 1 is 0.419 bits per heavy atom. The zero-order valence-electron chi connectivity index (χ0n) is 21.7. The first-order valence-corrected chi connectivity index (χ1v) is 15.9. The van der Waals surface area contributed by atoms with Crippen molar-refractivity contribution in [2.75, 3.05) is 39.6 Å². The van der Waals surface area contributed by atoms with Gasteiger partial charge in [-0.25, -0.2) is 0 Å². The van der Waals surface area contributed by atoms with E-state index in [9.17, 15) is 0 Å². The lowest BCUT2D eigenvalue weighted by atomic mass is 10.1. The van der Waals surface area contributed by atoms with Crippen molar-refractivity contribution in [2.24, 2.45) is 0 Å². The van der Waals surface area contributed by atoms with E-state index >= 15 is 0 Å². The molecule has 0 atom stereocenters. The van der Waals surface area contributed by atoms with Crippen LogP contribution >= 0.6 is 0 Å². The van der Waals surface area contributed by atoms with Gasteiger partial charge in [-0.05, 0) is 25.9 Å². The zero-order chi connectivity index (χ0) is 22.9. The minimum Gasteiger partial charge on any atom is -0.392 e. The first-order chi connectivity index (χ1) is 15.2. The van der Waals surface area contributed by atoms with Gasteiger partial charge in [0.15, 0.2) is 0 Å². The molecule has 0 aliphatic carbocycles.